The standard InChI is InChI=1S/C22H26N4O2/c1-15(2)20(25(3)4)13-23-21(27)16-9-11-17(12-10-16)26-14-24-19-8-6-5-7-18(19)22(26)28/h5-12,14-15,20H,13H2,1-4H3,(H,23,27)/t20-/m0/s1. The van der Waals surface area contributed by atoms with Crippen molar-refractivity contribution in [3.05, 3.63) is 70.8 Å². The summed E-state index contributed by atoms with van der Waals surface area (Å²) in [5, 5.41) is 3.56. The van der Waals surface area contributed by atoms with Gasteiger partial charge in [-0.1, -0.05) is 26.0 Å². The fraction of sp³-hybridized carbons (Fsp3) is 0.318. The van der Waals surface area contributed by atoms with Crippen molar-refractivity contribution in [1.82, 2.24) is 19.8 Å². The van der Waals surface area contributed by atoms with Crippen molar-refractivity contribution in [2.75, 3.05) is 20.6 Å². The first-order valence-electron chi connectivity index (χ1n) is 9.40. The summed E-state index contributed by atoms with van der Waals surface area (Å²) in [5.74, 6) is 0.313. The molecule has 1 heterocycles. The van der Waals surface area contributed by atoms with Crippen molar-refractivity contribution in [3.8, 4) is 5.69 Å². The molecule has 6 nitrogen and oxygen atoms in total. The van der Waals surface area contributed by atoms with E-state index in [-0.39, 0.29) is 17.5 Å². The second-order valence-electron chi connectivity index (χ2n) is 7.47. The molecule has 0 aliphatic rings. The number of amides is 1. The molecule has 0 aliphatic carbocycles. The summed E-state index contributed by atoms with van der Waals surface area (Å²) >= 11 is 0. The van der Waals surface area contributed by atoms with E-state index in [4.69, 9.17) is 0 Å². The van der Waals surface area contributed by atoms with Crippen LogP contribution in [0, 0.1) is 5.92 Å². The van der Waals surface area contributed by atoms with Crippen LogP contribution in [-0.2, 0) is 0 Å². The highest BCUT2D eigenvalue weighted by Gasteiger charge is 2.17. The molecular weight excluding hydrogens is 352 g/mol. The fourth-order valence-electron chi connectivity index (χ4n) is 3.34. The number of benzene rings is 2. The van der Waals surface area contributed by atoms with Crippen LogP contribution in [-0.4, -0.2) is 47.0 Å². The minimum Gasteiger partial charge on any atom is -0.350 e. The molecule has 3 rings (SSSR count). The second-order valence-corrected chi connectivity index (χ2v) is 7.47. The van der Waals surface area contributed by atoms with E-state index in [0.717, 1.165) is 0 Å². The largest absolute Gasteiger partial charge is 0.350 e. The van der Waals surface area contributed by atoms with Crippen molar-refractivity contribution in [3.63, 3.8) is 0 Å². The van der Waals surface area contributed by atoms with Crippen LogP contribution in [0.3, 0.4) is 0 Å². The van der Waals surface area contributed by atoms with Crippen LogP contribution in [0.5, 0.6) is 0 Å². The summed E-state index contributed by atoms with van der Waals surface area (Å²) in [6.45, 7) is 4.86. The number of para-hydroxylation sites is 1. The molecule has 1 atom stereocenters. The molecule has 1 amide bonds. The summed E-state index contributed by atoms with van der Waals surface area (Å²) in [5.41, 5.74) is 1.77. The summed E-state index contributed by atoms with van der Waals surface area (Å²) in [6, 6.07) is 14.5. The Morgan fingerprint density at radius 3 is 2.43 bits per heavy atom. The number of carbonyl (C=O) groups excluding carboxylic acids is 1. The third-order valence-electron chi connectivity index (χ3n) is 4.98. The molecule has 0 unspecified atom stereocenters. The quantitative estimate of drug-likeness (QED) is 0.716. The molecule has 1 aromatic heterocycles. The van der Waals surface area contributed by atoms with Crippen molar-refractivity contribution in [1.29, 1.82) is 0 Å². The Balaban J connectivity index is 1.78. The highest BCUT2D eigenvalue weighted by atomic mass is 16.1. The topological polar surface area (TPSA) is 67.2 Å². The zero-order valence-corrected chi connectivity index (χ0v) is 16.7. The van der Waals surface area contributed by atoms with Crippen LogP contribution in [0.1, 0.15) is 24.2 Å². The molecule has 2 aromatic carbocycles. The van der Waals surface area contributed by atoms with Crippen molar-refractivity contribution >= 4 is 16.8 Å². The van der Waals surface area contributed by atoms with Gasteiger partial charge in [0, 0.05) is 18.2 Å². The number of nitrogens with one attached hydrogen (secondary N) is 1. The van der Waals surface area contributed by atoms with E-state index in [2.05, 4.69) is 29.0 Å². The van der Waals surface area contributed by atoms with Crippen molar-refractivity contribution in [2.45, 2.75) is 19.9 Å². The van der Waals surface area contributed by atoms with E-state index < -0.39 is 0 Å². The van der Waals surface area contributed by atoms with Gasteiger partial charge in [-0.2, -0.15) is 0 Å². The van der Waals surface area contributed by atoms with Crippen LogP contribution in [0.25, 0.3) is 16.6 Å². The molecule has 0 fully saturated rings. The maximum atomic E-state index is 12.7. The maximum absolute atomic E-state index is 12.7. The molecule has 0 saturated carbocycles. The molecule has 0 aliphatic heterocycles. The lowest BCUT2D eigenvalue weighted by molar-refractivity contribution is 0.0934. The van der Waals surface area contributed by atoms with E-state index in [1.54, 1.807) is 30.3 Å². The van der Waals surface area contributed by atoms with Crippen LogP contribution in [0.15, 0.2) is 59.7 Å². The molecule has 0 saturated heterocycles. The molecular formula is C22H26N4O2. The molecule has 3 aromatic rings. The number of nitrogens with zero attached hydrogens (tertiary/aromatic N) is 3. The Bertz CT molecular complexity index is 1010. The number of hydrogen-bond acceptors (Lipinski definition) is 4. The van der Waals surface area contributed by atoms with Gasteiger partial charge in [0.15, 0.2) is 0 Å². The zero-order chi connectivity index (χ0) is 20.3. The summed E-state index contributed by atoms with van der Waals surface area (Å²) in [7, 11) is 4.03. The van der Waals surface area contributed by atoms with Crippen molar-refractivity contribution in [2.24, 2.45) is 5.92 Å². The number of rotatable bonds is 6. The van der Waals surface area contributed by atoms with E-state index in [1.807, 2.05) is 32.3 Å². The summed E-state index contributed by atoms with van der Waals surface area (Å²) in [6.07, 6.45) is 1.52. The summed E-state index contributed by atoms with van der Waals surface area (Å²) in [4.78, 5) is 31.6. The number of carbonyl (C=O) groups is 1. The average molecular weight is 378 g/mol. The SMILES string of the molecule is CC(C)[C@H](CNC(=O)c1ccc(-n2cnc3ccccc3c2=O)cc1)N(C)C. The van der Waals surface area contributed by atoms with Gasteiger partial charge in [0.05, 0.1) is 16.6 Å². The Morgan fingerprint density at radius 2 is 1.79 bits per heavy atom. The molecule has 146 valence electrons. The highest BCUT2D eigenvalue weighted by molar-refractivity contribution is 5.94. The van der Waals surface area contributed by atoms with Gasteiger partial charge >= 0.3 is 0 Å². The predicted octanol–water partition coefficient (Wildman–Crippen LogP) is 2.70. The maximum Gasteiger partial charge on any atom is 0.265 e. The van der Waals surface area contributed by atoms with E-state index in [1.165, 1.54) is 10.9 Å². The molecule has 1 N–H and O–H groups in total. The molecule has 6 heteroatoms. The number of aromatic nitrogens is 2. The predicted molar refractivity (Wildman–Crippen MR) is 112 cm³/mol. The van der Waals surface area contributed by atoms with E-state index in [0.29, 0.717) is 34.6 Å². The van der Waals surface area contributed by atoms with Gasteiger partial charge in [0.25, 0.3) is 11.5 Å². The van der Waals surface area contributed by atoms with Gasteiger partial charge < -0.3 is 10.2 Å². The summed E-state index contributed by atoms with van der Waals surface area (Å²) < 4.78 is 1.49. The van der Waals surface area contributed by atoms with Gasteiger partial charge in [-0.15, -0.1) is 0 Å². The van der Waals surface area contributed by atoms with E-state index >= 15 is 0 Å². The Kier molecular flexibility index (Phi) is 5.90. The minimum absolute atomic E-state index is 0.122. The van der Waals surface area contributed by atoms with Crippen molar-refractivity contribution < 1.29 is 4.79 Å². The average Bonchev–Trinajstić information content (AvgIpc) is 2.68. The lowest BCUT2D eigenvalue weighted by Gasteiger charge is -2.28. The third kappa shape index (κ3) is 4.12. The normalized spacial score (nSPS) is 12.5. The molecule has 28 heavy (non-hydrogen) atoms. The zero-order valence-electron chi connectivity index (χ0n) is 16.7. The number of fused-ring (bicyclic) bond motifs is 1. The van der Waals surface area contributed by atoms with Gasteiger partial charge in [-0.25, -0.2) is 4.98 Å². The highest BCUT2D eigenvalue weighted by Crippen LogP contribution is 2.11. The number of hydrogen-bond donors (Lipinski definition) is 1. The van der Waals surface area contributed by atoms with E-state index in [9.17, 15) is 9.59 Å². The Hall–Kier alpha value is -2.99. The molecule has 0 radical (unpaired) electrons. The number of likely N-dealkylation sites (N-methyl/N-ethyl adjacent to an activating group) is 1. The Morgan fingerprint density at radius 1 is 1.11 bits per heavy atom. The molecule has 0 spiro atoms. The van der Waals surface area contributed by atoms with Gasteiger partial charge in [-0.3, -0.25) is 14.2 Å². The first kappa shape index (κ1) is 19.8. The monoisotopic (exact) mass is 378 g/mol. The van der Waals surface area contributed by atoms with Gasteiger partial charge in [0.2, 0.25) is 0 Å². The van der Waals surface area contributed by atoms with Crippen LogP contribution < -0.4 is 10.9 Å². The van der Waals surface area contributed by atoms with Gasteiger partial charge in [0.1, 0.15) is 6.33 Å². The molecule has 0 bridgehead atoms. The lowest BCUT2D eigenvalue weighted by atomic mass is 10.0. The van der Waals surface area contributed by atoms with Crippen LogP contribution in [0.2, 0.25) is 0 Å². The third-order valence-corrected chi connectivity index (χ3v) is 4.98. The smallest absolute Gasteiger partial charge is 0.265 e. The lowest BCUT2D eigenvalue weighted by Crippen LogP contribution is -2.43. The fourth-order valence-corrected chi connectivity index (χ4v) is 3.34. The minimum atomic E-state index is -0.131. The van der Waals surface area contributed by atoms with Crippen LogP contribution >= 0.6 is 0 Å². The first-order chi connectivity index (χ1) is 13.4. The van der Waals surface area contributed by atoms with Crippen LogP contribution in [0.4, 0.5) is 0 Å². The van der Waals surface area contributed by atoms with Gasteiger partial charge in [-0.05, 0) is 56.4 Å². The second kappa shape index (κ2) is 8.35. The Labute approximate surface area is 164 Å². The first-order valence-corrected chi connectivity index (χ1v) is 9.40.